The van der Waals surface area contributed by atoms with Gasteiger partial charge in [-0.1, -0.05) is 35.6 Å². The number of hydrogen-bond donors (Lipinski definition) is 2. The van der Waals surface area contributed by atoms with Gasteiger partial charge in [0.15, 0.2) is 0 Å². The molecule has 11 heteroatoms. The van der Waals surface area contributed by atoms with Crippen molar-refractivity contribution >= 4 is 38.0 Å². The molecule has 3 aromatic carbocycles. The maximum absolute atomic E-state index is 12.0. The lowest BCUT2D eigenvalue weighted by Crippen LogP contribution is -1.99. The molecule has 0 aliphatic heterocycles. The minimum atomic E-state index is -4.54. The van der Waals surface area contributed by atoms with E-state index in [2.05, 4.69) is 25.5 Å². The summed E-state index contributed by atoms with van der Waals surface area (Å²) in [5.41, 5.74) is 1.70. The molecule has 0 aliphatic rings. The molecule has 4 rings (SSSR count). The third-order valence-electron chi connectivity index (χ3n) is 4.64. The van der Waals surface area contributed by atoms with Crippen LogP contribution in [0.2, 0.25) is 0 Å². The summed E-state index contributed by atoms with van der Waals surface area (Å²) in [6.07, 6.45) is 3.37. The Kier molecular flexibility index (Phi) is 6.33. The predicted octanol–water partition coefficient (Wildman–Crippen LogP) is 5.43. The molecule has 10 nitrogen and oxygen atoms in total. The van der Waals surface area contributed by atoms with E-state index in [9.17, 15) is 13.0 Å². The Bertz CT molecular complexity index is 1460. The fraction of sp³-hybridized carbons (Fsp3) is 0.0455. The standard InChI is InChI=1S/C22H18N6O4S/c23-28-27-22-19-7-2-1-6-18(19)21(33(29,30)31)13-20(22)26-25-16-4-3-5-17(12-16)32-14-15-8-10-24-11-9-15/h1-13H,14H2,(H2,23,27)(H,29,30,31). The van der Waals surface area contributed by atoms with Gasteiger partial charge in [0.25, 0.3) is 10.1 Å². The molecule has 0 fully saturated rings. The molecule has 3 N–H and O–H groups in total. The van der Waals surface area contributed by atoms with Crippen LogP contribution in [0, 0.1) is 0 Å². The van der Waals surface area contributed by atoms with Crippen molar-refractivity contribution in [2.45, 2.75) is 11.5 Å². The zero-order valence-corrected chi connectivity index (χ0v) is 17.9. The molecular weight excluding hydrogens is 444 g/mol. The van der Waals surface area contributed by atoms with E-state index in [1.165, 1.54) is 6.07 Å². The third kappa shape index (κ3) is 5.17. The second-order valence-corrected chi connectivity index (χ2v) is 8.21. The topological polar surface area (TPSA) is 152 Å². The second-order valence-electron chi connectivity index (χ2n) is 6.82. The van der Waals surface area contributed by atoms with Crippen LogP contribution in [0.25, 0.3) is 10.8 Å². The van der Waals surface area contributed by atoms with Gasteiger partial charge in [-0.2, -0.15) is 13.5 Å². The molecule has 0 amide bonds. The number of ether oxygens (including phenoxy) is 1. The van der Waals surface area contributed by atoms with Crippen LogP contribution in [0.1, 0.15) is 5.56 Å². The van der Waals surface area contributed by atoms with Crippen LogP contribution >= 0.6 is 0 Å². The van der Waals surface area contributed by atoms with Crippen LogP contribution in [0.3, 0.4) is 0 Å². The molecule has 0 bridgehead atoms. The number of nitrogens with two attached hydrogens (primary N) is 1. The maximum Gasteiger partial charge on any atom is 0.295 e. The van der Waals surface area contributed by atoms with Crippen molar-refractivity contribution in [3.05, 3.63) is 84.7 Å². The lowest BCUT2D eigenvalue weighted by Gasteiger charge is -2.09. The summed E-state index contributed by atoms with van der Waals surface area (Å²) in [7, 11) is -4.54. The number of aromatic nitrogens is 1. The lowest BCUT2D eigenvalue weighted by atomic mass is 10.1. The van der Waals surface area contributed by atoms with Crippen molar-refractivity contribution in [2.24, 2.45) is 26.4 Å². The van der Waals surface area contributed by atoms with Crippen LogP contribution < -0.4 is 10.6 Å². The van der Waals surface area contributed by atoms with Gasteiger partial charge in [-0.05, 0) is 35.9 Å². The Morgan fingerprint density at radius 1 is 0.909 bits per heavy atom. The largest absolute Gasteiger partial charge is 0.489 e. The van der Waals surface area contributed by atoms with E-state index in [1.54, 1.807) is 60.9 Å². The molecule has 0 aliphatic carbocycles. The fourth-order valence-corrected chi connectivity index (χ4v) is 3.87. The van der Waals surface area contributed by atoms with Gasteiger partial charge in [0.2, 0.25) is 0 Å². The van der Waals surface area contributed by atoms with E-state index in [0.717, 1.165) is 5.56 Å². The SMILES string of the molecule is NN=Nc1c(N=Nc2cccc(OCc3ccncc3)c2)cc(S(=O)(=O)O)c2ccccc12. The Morgan fingerprint density at radius 3 is 2.39 bits per heavy atom. The first kappa shape index (κ1) is 22.0. The first-order valence-corrected chi connectivity index (χ1v) is 11.1. The first-order chi connectivity index (χ1) is 16.0. The number of fused-ring (bicyclic) bond motifs is 1. The van der Waals surface area contributed by atoms with E-state index >= 15 is 0 Å². The highest BCUT2D eigenvalue weighted by Crippen LogP contribution is 2.40. The average molecular weight is 462 g/mol. The number of hydrogen-bond acceptors (Lipinski definition) is 8. The van der Waals surface area contributed by atoms with Crippen molar-refractivity contribution < 1.29 is 17.7 Å². The van der Waals surface area contributed by atoms with Gasteiger partial charge >= 0.3 is 0 Å². The molecule has 0 spiro atoms. The Hall–Kier alpha value is -4.22. The van der Waals surface area contributed by atoms with Crippen molar-refractivity contribution in [3.8, 4) is 5.75 Å². The summed E-state index contributed by atoms with van der Waals surface area (Å²) >= 11 is 0. The van der Waals surface area contributed by atoms with Gasteiger partial charge in [-0.25, -0.2) is 0 Å². The van der Waals surface area contributed by atoms with Crippen LogP contribution in [-0.2, 0) is 16.7 Å². The fourth-order valence-electron chi connectivity index (χ4n) is 3.16. The summed E-state index contributed by atoms with van der Waals surface area (Å²) in [5, 5.41) is 16.2. The first-order valence-electron chi connectivity index (χ1n) is 9.63. The van der Waals surface area contributed by atoms with E-state index in [1.807, 2.05) is 12.1 Å². The minimum absolute atomic E-state index is 0.0682. The van der Waals surface area contributed by atoms with Gasteiger partial charge in [-0.15, -0.1) is 10.2 Å². The van der Waals surface area contributed by atoms with Crippen LogP contribution in [0.5, 0.6) is 5.75 Å². The van der Waals surface area contributed by atoms with Crippen LogP contribution in [0.4, 0.5) is 17.1 Å². The lowest BCUT2D eigenvalue weighted by molar-refractivity contribution is 0.306. The van der Waals surface area contributed by atoms with Gasteiger partial charge in [-0.3, -0.25) is 9.54 Å². The summed E-state index contributed by atoms with van der Waals surface area (Å²) in [6.45, 7) is 0.354. The van der Waals surface area contributed by atoms with E-state index in [0.29, 0.717) is 23.4 Å². The van der Waals surface area contributed by atoms with Crippen molar-refractivity contribution in [1.29, 1.82) is 0 Å². The number of nitrogens with zero attached hydrogens (tertiary/aromatic N) is 5. The van der Waals surface area contributed by atoms with Gasteiger partial charge in [0.1, 0.15) is 28.6 Å². The Labute approximate surface area is 189 Å². The van der Waals surface area contributed by atoms with Gasteiger partial charge in [0.05, 0.1) is 5.69 Å². The van der Waals surface area contributed by atoms with Crippen LogP contribution in [0.15, 0.2) is 105 Å². The summed E-state index contributed by atoms with van der Waals surface area (Å²) < 4.78 is 39.4. The third-order valence-corrected chi connectivity index (χ3v) is 5.53. The molecule has 0 unspecified atom stereocenters. The molecular formula is C22H18N6O4S. The highest BCUT2D eigenvalue weighted by Gasteiger charge is 2.19. The van der Waals surface area contributed by atoms with Crippen LogP contribution in [-0.4, -0.2) is 18.0 Å². The molecule has 1 aromatic heterocycles. The maximum atomic E-state index is 12.0. The Morgan fingerprint density at radius 2 is 1.67 bits per heavy atom. The molecule has 0 saturated carbocycles. The van der Waals surface area contributed by atoms with E-state index in [-0.39, 0.29) is 21.7 Å². The van der Waals surface area contributed by atoms with Gasteiger partial charge < -0.3 is 10.6 Å². The zero-order chi connectivity index (χ0) is 23.3. The van der Waals surface area contributed by atoms with E-state index in [4.69, 9.17) is 10.6 Å². The Balaban J connectivity index is 1.70. The summed E-state index contributed by atoms with van der Waals surface area (Å²) in [4.78, 5) is 3.65. The quantitative estimate of drug-likeness (QED) is 0.162. The molecule has 33 heavy (non-hydrogen) atoms. The number of benzene rings is 3. The molecule has 0 radical (unpaired) electrons. The highest BCUT2D eigenvalue weighted by molar-refractivity contribution is 7.86. The minimum Gasteiger partial charge on any atom is -0.489 e. The predicted molar refractivity (Wildman–Crippen MR) is 122 cm³/mol. The van der Waals surface area contributed by atoms with Crippen molar-refractivity contribution in [1.82, 2.24) is 4.98 Å². The van der Waals surface area contributed by atoms with E-state index < -0.39 is 10.1 Å². The summed E-state index contributed by atoms with van der Waals surface area (Å²) in [6, 6.07) is 18.3. The molecule has 4 aromatic rings. The molecule has 166 valence electrons. The monoisotopic (exact) mass is 462 g/mol. The number of azo groups is 1. The number of pyridine rings is 1. The van der Waals surface area contributed by atoms with Crippen molar-refractivity contribution in [2.75, 3.05) is 0 Å². The molecule has 0 atom stereocenters. The normalized spacial score (nSPS) is 12.0. The average Bonchev–Trinajstić information content (AvgIpc) is 2.82. The molecule has 0 saturated heterocycles. The highest BCUT2D eigenvalue weighted by atomic mass is 32.2. The van der Waals surface area contributed by atoms with Gasteiger partial charge in [0, 0.05) is 29.2 Å². The molecule has 1 heterocycles. The number of rotatable bonds is 7. The van der Waals surface area contributed by atoms with Crippen molar-refractivity contribution in [3.63, 3.8) is 0 Å². The smallest absolute Gasteiger partial charge is 0.295 e. The second kappa shape index (κ2) is 9.51. The zero-order valence-electron chi connectivity index (χ0n) is 17.1. The summed E-state index contributed by atoms with van der Waals surface area (Å²) in [5.74, 6) is 5.82.